The summed E-state index contributed by atoms with van der Waals surface area (Å²) in [7, 11) is 0. The molecule has 7 heteroatoms. The van der Waals surface area contributed by atoms with Gasteiger partial charge in [-0.3, -0.25) is 10.1 Å². The Labute approximate surface area is 88.2 Å². The minimum absolute atomic E-state index is 0.344. The van der Waals surface area contributed by atoms with E-state index in [0.717, 1.165) is 0 Å². The van der Waals surface area contributed by atoms with Gasteiger partial charge in [-0.2, -0.15) is 13.2 Å². The maximum atomic E-state index is 11.9. The third-order valence-electron chi connectivity index (χ3n) is 1.82. The molecule has 0 aliphatic carbocycles. The Bertz CT molecular complexity index is 467. The maximum Gasteiger partial charge on any atom is 0.471 e. The number of nitrogens with one attached hydrogen (secondary N) is 1. The molecule has 0 atom stereocenters. The molecule has 83 valence electrons. The number of amides is 1. The molecule has 2 rings (SSSR count). The van der Waals surface area contributed by atoms with Crippen LogP contribution in [0.25, 0.3) is 0 Å². The zero-order chi connectivity index (χ0) is 11.8. The van der Waals surface area contributed by atoms with Crippen LogP contribution in [0.2, 0.25) is 0 Å². The predicted octanol–water partition coefficient (Wildman–Crippen LogP) is 1.60. The Morgan fingerprint density at radius 1 is 1.19 bits per heavy atom. The molecule has 16 heavy (non-hydrogen) atoms. The zero-order valence-electron chi connectivity index (χ0n) is 7.75. The summed E-state index contributed by atoms with van der Waals surface area (Å²) < 4.78 is 35.8. The van der Waals surface area contributed by atoms with E-state index in [4.69, 9.17) is 0 Å². The van der Waals surface area contributed by atoms with Gasteiger partial charge in [0.05, 0.1) is 11.4 Å². The molecule has 1 aromatic rings. The van der Waals surface area contributed by atoms with Crippen LogP contribution in [0.5, 0.6) is 0 Å². The second kappa shape index (κ2) is 3.51. The molecule has 1 aliphatic heterocycles. The summed E-state index contributed by atoms with van der Waals surface area (Å²) in [5.74, 6) is -2.42. The van der Waals surface area contributed by atoms with Crippen molar-refractivity contribution in [3.05, 3.63) is 24.3 Å². The van der Waals surface area contributed by atoms with Gasteiger partial charge in [-0.1, -0.05) is 12.1 Å². The molecular weight excluding hydrogens is 223 g/mol. The molecule has 0 saturated heterocycles. The fraction of sp³-hybridized carbons (Fsp3) is 0.111. The standard InChI is InChI=1S/C9H5F3N3O/c10-9(11,12)7(16)15-8-13-5-3-1-2-4-6(5)14-8/h1-4H,(H,13,15,16). The normalized spacial score (nSPS) is 13.8. The lowest BCUT2D eigenvalue weighted by molar-refractivity contribution is -0.171. The molecule has 0 fully saturated rings. The van der Waals surface area contributed by atoms with E-state index in [-0.39, 0.29) is 5.96 Å². The number of hydrogen-bond acceptors (Lipinski definition) is 2. The molecule has 1 radical (unpaired) electrons. The summed E-state index contributed by atoms with van der Waals surface area (Å²) in [4.78, 5) is 14.3. The van der Waals surface area contributed by atoms with Gasteiger partial charge in [-0.25, -0.2) is 10.3 Å². The molecule has 1 aromatic carbocycles. The molecule has 4 nitrogen and oxygen atoms in total. The summed E-state index contributed by atoms with van der Waals surface area (Å²) in [6.07, 6.45) is -4.94. The van der Waals surface area contributed by atoms with Gasteiger partial charge in [-0.05, 0) is 12.1 Å². The first-order valence-electron chi connectivity index (χ1n) is 4.24. The number of hydrogen-bond donors (Lipinski definition) is 1. The van der Waals surface area contributed by atoms with E-state index in [1.165, 1.54) is 0 Å². The van der Waals surface area contributed by atoms with Crippen LogP contribution in [0, 0.1) is 0 Å². The van der Waals surface area contributed by atoms with E-state index in [9.17, 15) is 18.0 Å². The first kappa shape index (κ1) is 10.5. The van der Waals surface area contributed by atoms with Crippen LogP contribution >= 0.6 is 0 Å². The monoisotopic (exact) mass is 228 g/mol. The van der Waals surface area contributed by atoms with Crippen LogP contribution in [0.15, 0.2) is 29.3 Å². The molecule has 0 spiro atoms. The van der Waals surface area contributed by atoms with Crippen LogP contribution in [0.1, 0.15) is 0 Å². The van der Waals surface area contributed by atoms with Gasteiger partial charge >= 0.3 is 12.1 Å². The van der Waals surface area contributed by atoms with Crippen molar-refractivity contribution in [1.29, 1.82) is 0 Å². The van der Waals surface area contributed by atoms with Gasteiger partial charge in [-0.15, -0.1) is 0 Å². The summed E-state index contributed by atoms with van der Waals surface area (Å²) in [5.41, 5.74) is 0.861. The Morgan fingerprint density at radius 2 is 1.81 bits per heavy atom. The highest BCUT2D eigenvalue weighted by atomic mass is 19.4. The number of carbonyl (C=O) groups excluding carboxylic acids is 1. The SMILES string of the molecule is O=C(NC1=Nc2ccccc2[N]1)C(F)(F)F. The van der Waals surface area contributed by atoms with E-state index < -0.39 is 12.1 Å². The minimum Gasteiger partial charge on any atom is -0.287 e. The van der Waals surface area contributed by atoms with E-state index in [2.05, 4.69) is 10.3 Å². The van der Waals surface area contributed by atoms with Gasteiger partial charge in [0.1, 0.15) is 0 Å². The van der Waals surface area contributed by atoms with E-state index in [0.29, 0.717) is 11.4 Å². The van der Waals surface area contributed by atoms with E-state index >= 15 is 0 Å². The van der Waals surface area contributed by atoms with Crippen LogP contribution in [-0.4, -0.2) is 18.0 Å². The summed E-state index contributed by atoms with van der Waals surface area (Å²) in [6, 6.07) is 6.52. The highest BCUT2D eigenvalue weighted by molar-refractivity contribution is 6.04. The predicted molar refractivity (Wildman–Crippen MR) is 49.5 cm³/mol. The van der Waals surface area contributed by atoms with Crippen molar-refractivity contribution in [1.82, 2.24) is 10.6 Å². The first-order chi connectivity index (χ1) is 7.47. The van der Waals surface area contributed by atoms with Gasteiger partial charge in [0.2, 0.25) is 5.96 Å². The van der Waals surface area contributed by atoms with Crippen molar-refractivity contribution in [2.24, 2.45) is 4.99 Å². The quantitative estimate of drug-likeness (QED) is 0.720. The second-order valence-corrected chi connectivity index (χ2v) is 2.99. The molecule has 0 unspecified atom stereocenters. The maximum absolute atomic E-state index is 11.9. The third kappa shape index (κ3) is 1.97. The average molecular weight is 228 g/mol. The largest absolute Gasteiger partial charge is 0.471 e. The molecule has 0 bridgehead atoms. The van der Waals surface area contributed by atoms with Crippen molar-refractivity contribution >= 4 is 23.2 Å². The number of alkyl halides is 3. The Morgan fingerprint density at radius 3 is 2.38 bits per heavy atom. The van der Waals surface area contributed by atoms with Crippen LogP contribution in [0.3, 0.4) is 0 Å². The molecular formula is C9H5F3N3O. The van der Waals surface area contributed by atoms with Crippen molar-refractivity contribution < 1.29 is 18.0 Å². The van der Waals surface area contributed by atoms with E-state index in [1.54, 1.807) is 29.6 Å². The Balaban J connectivity index is 2.10. The number of halogens is 3. The first-order valence-corrected chi connectivity index (χ1v) is 4.24. The average Bonchev–Trinajstić information content (AvgIpc) is 2.58. The molecule has 1 N–H and O–H groups in total. The van der Waals surface area contributed by atoms with Crippen molar-refractivity contribution in [3.63, 3.8) is 0 Å². The number of carbonyl (C=O) groups is 1. The number of aliphatic imine (C=N–C) groups is 1. The third-order valence-corrected chi connectivity index (χ3v) is 1.82. The van der Waals surface area contributed by atoms with Gasteiger partial charge in [0.15, 0.2) is 0 Å². The molecule has 0 aromatic heterocycles. The number of rotatable bonds is 0. The lowest BCUT2D eigenvalue weighted by Gasteiger charge is -2.05. The number of guanidine groups is 1. The topological polar surface area (TPSA) is 55.6 Å². The lowest BCUT2D eigenvalue weighted by Crippen LogP contribution is -2.42. The molecule has 1 heterocycles. The zero-order valence-corrected chi connectivity index (χ0v) is 7.75. The second-order valence-electron chi connectivity index (χ2n) is 2.99. The molecule has 1 aliphatic rings. The fourth-order valence-corrected chi connectivity index (χ4v) is 1.13. The van der Waals surface area contributed by atoms with Gasteiger partial charge in [0, 0.05) is 0 Å². The summed E-state index contributed by atoms with van der Waals surface area (Å²) in [6.45, 7) is 0. The van der Waals surface area contributed by atoms with Crippen LogP contribution < -0.4 is 10.6 Å². The van der Waals surface area contributed by atoms with Gasteiger partial charge < -0.3 is 0 Å². The minimum atomic E-state index is -4.94. The molecule has 1 amide bonds. The van der Waals surface area contributed by atoms with Crippen LogP contribution in [0.4, 0.5) is 24.5 Å². The van der Waals surface area contributed by atoms with Gasteiger partial charge in [0.25, 0.3) is 0 Å². The summed E-state index contributed by atoms with van der Waals surface area (Å²) >= 11 is 0. The number of nitrogens with zero attached hydrogens (tertiary/aromatic N) is 2. The molecule has 0 saturated carbocycles. The van der Waals surface area contributed by atoms with E-state index in [1.807, 2.05) is 0 Å². The number of fused-ring (bicyclic) bond motifs is 1. The number of benzene rings is 1. The Kier molecular flexibility index (Phi) is 2.30. The number of para-hydroxylation sites is 2. The highest BCUT2D eigenvalue weighted by Crippen LogP contribution is 2.29. The smallest absolute Gasteiger partial charge is 0.287 e. The van der Waals surface area contributed by atoms with Crippen LogP contribution in [-0.2, 0) is 4.79 Å². The lowest BCUT2D eigenvalue weighted by atomic mass is 10.3. The fourth-order valence-electron chi connectivity index (χ4n) is 1.13. The summed E-state index contributed by atoms with van der Waals surface area (Å²) in [5, 5.41) is 5.31. The van der Waals surface area contributed by atoms with Crippen molar-refractivity contribution in [3.8, 4) is 0 Å². The van der Waals surface area contributed by atoms with Crippen molar-refractivity contribution in [2.45, 2.75) is 6.18 Å². The Hall–Kier alpha value is -2.05. The highest BCUT2D eigenvalue weighted by Gasteiger charge is 2.40. The van der Waals surface area contributed by atoms with Crippen molar-refractivity contribution in [2.75, 3.05) is 0 Å².